The van der Waals surface area contributed by atoms with Gasteiger partial charge in [-0.1, -0.05) is 5.11 Å². The Hall–Kier alpha value is -2.32. The molecule has 22 heavy (non-hydrogen) atoms. The van der Waals surface area contributed by atoms with Crippen LogP contribution < -0.4 is 0 Å². The molecule has 4 atom stereocenters. The Morgan fingerprint density at radius 1 is 1.14 bits per heavy atom. The molecule has 122 valence electrons. The van der Waals surface area contributed by atoms with Crippen molar-refractivity contribution in [2.24, 2.45) is 5.11 Å². The molecule has 0 N–H and O–H groups in total. The lowest BCUT2D eigenvalue weighted by Gasteiger charge is -2.39. The Labute approximate surface area is 126 Å². The number of esters is 3. The molecule has 1 saturated heterocycles. The number of rotatable bonds is 5. The minimum Gasteiger partial charge on any atom is -0.463 e. The van der Waals surface area contributed by atoms with Crippen molar-refractivity contribution < 1.29 is 33.3 Å². The molecule has 0 aromatic rings. The van der Waals surface area contributed by atoms with Crippen LogP contribution in [0.15, 0.2) is 5.11 Å². The number of azide groups is 1. The van der Waals surface area contributed by atoms with E-state index in [1.807, 2.05) is 0 Å². The molecule has 0 aromatic heterocycles. The van der Waals surface area contributed by atoms with Crippen LogP contribution in [0.25, 0.3) is 10.4 Å². The monoisotopic (exact) mass is 315 g/mol. The van der Waals surface area contributed by atoms with Gasteiger partial charge in [-0.2, -0.15) is 0 Å². The lowest BCUT2D eigenvalue weighted by molar-refractivity contribution is -0.204. The van der Waals surface area contributed by atoms with E-state index in [9.17, 15) is 14.4 Å². The third-order valence-electron chi connectivity index (χ3n) is 2.81. The van der Waals surface area contributed by atoms with Crippen molar-refractivity contribution in [3.05, 3.63) is 10.4 Å². The molecule has 10 nitrogen and oxygen atoms in total. The van der Waals surface area contributed by atoms with Gasteiger partial charge in [-0.25, -0.2) is 0 Å². The van der Waals surface area contributed by atoms with Crippen LogP contribution in [0.3, 0.4) is 0 Å². The number of hydrogen-bond acceptors (Lipinski definition) is 8. The third-order valence-corrected chi connectivity index (χ3v) is 2.81. The summed E-state index contributed by atoms with van der Waals surface area (Å²) in [6.07, 6.45) is -2.90. The quantitative estimate of drug-likeness (QED) is 0.236. The summed E-state index contributed by atoms with van der Waals surface area (Å²) in [5.41, 5.74) is 8.57. The molecule has 0 bridgehead atoms. The topological polar surface area (TPSA) is 137 Å². The summed E-state index contributed by atoms with van der Waals surface area (Å²) in [6, 6.07) is -0.855. The van der Waals surface area contributed by atoms with Crippen molar-refractivity contribution in [2.75, 3.05) is 13.2 Å². The van der Waals surface area contributed by atoms with Crippen molar-refractivity contribution in [3.63, 3.8) is 0 Å². The number of ether oxygens (including phenoxy) is 4. The molecule has 1 aliphatic rings. The molecule has 10 heteroatoms. The number of carbonyl (C=O) groups is 3. The van der Waals surface area contributed by atoms with Gasteiger partial charge in [0.25, 0.3) is 0 Å². The fraction of sp³-hybridized carbons (Fsp3) is 0.750. The highest BCUT2D eigenvalue weighted by atomic mass is 16.6. The molecule has 1 rings (SSSR count). The predicted molar refractivity (Wildman–Crippen MR) is 70.4 cm³/mol. The number of hydrogen-bond donors (Lipinski definition) is 0. The summed E-state index contributed by atoms with van der Waals surface area (Å²) in [4.78, 5) is 36.1. The van der Waals surface area contributed by atoms with Gasteiger partial charge in [0.15, 0.2) is 12.2 Å². The normalized spacial score (nSPS) is 27.2. The van der Waals surface area contributed by atoms with E-state index < -0.39 is 42.3 Å². The van der Waals surface area contributed by atoms with E-state index in [4.69, 9.17) is 24.5 Å². The SMILES string of the molecule is CC(=O)OC[C@H]1OCC(N=[N+]=[N-])[C@@H](OC(C)=O)[C@H]1OC(C)=O. The lowest BCUT2D eigenvalue weighted by Crippen LogP contribution is -2.57. The maximum Gasteiger partial charge on any atom is 0.303 e. The third kappa shape index (κ3) is 5.23. The standard InChI is InChI=1S/C12H17N3O7/c1-6(16)19-5-10-12(22-8(3)18)11(21-7(2)17)9(4-20-10)14-15-13/h9-12H,4-5H2,1-3H3/t9?,10-,11-,12+/m1/s1. The minimum absolute atomic E-state index is 0.0638. The molecule has 1 unspecified atom stereocenters. The minimum atomic E-state index is -1.05. The van der Waals surface area contributed by atoms with Gasteiger partial charge >= 0.3 is 17.9 Å². The van der Waals surface area contributed by atoms with Gasteiger partial charge in [-0.3, -0.25) is 14.4 Å². The highest BCUT2D eigenvalue weighted by molar-refractivity contribution is 5.67. The molecule has 0 aliphatic carbocycles. The summed E-state index contributed by atoms with van der Waals surface area (Å²) < 4.78 is 20.5. The van der Waals surface area contributed by atoms with Gasteiger partial charge in [0, 0.05) is 25.7 Å². The van der Waals surface area contributed by atoms with Crippen molar-refractivity contribution in [2.45, 2.75) is 45.1 Å². The molecular formula is C12H17N3O7. The smallest absolute Gasteiger partial charge is 0.303 e. The summed E-state index contributed by atoms with van der Waals surface area (Å²) in [5.74, 6) is -1.81. The van der Waals surface area contributed by atoms with Gasteiger partial charge in [-0.15, -0.1) is 0 Å². The first-order valence-corrected chi connectivity index (χ1v) is 6.48. The second-order valence-corrected chi connectivity index (χ2v) is 4.59. The van der Waals surface area contributed by atoms with Crippen molar-refractivity contribution >= 4 is 17.9 Å². The molecule has 1 heterocycles. The average Bonchev–Trinajstić information content (AvgIpc) is 2.40. The van der Waals surface area contributed by atoms with E-state index in [2.05, 4.69) is 10.0 Å². The molecule has 1 fully saturated rings. The van der Waals surface area contributed by atoms with E-state index in [0.29, 0.717) is 0 Å². The first-order chi connectivity index (χ1) is 10.3. The van der Waals surface area contributed by atoms with Crippen LogP contribution in [0.1, 0.15) is 20.8 Å². The molecule has 0 amide bonds. The molecule has 0 aromatic carbocycles. The van der Waals surface area contributed by atoms with E-state index >= 15 is 0 Å². The van der Waals surface area contributed by atoms with Gasteiger partial charge in [0.2, 0.25) is 0 Å². The van der Waals surface area contributed by atoms with Crippen LogP contribution in [0.4, 0.5) is 0 Å². The van der Waals surface area contributed by atoms with E-state index in [1.165, 1.54) is 20.8 Å². The molecule has 1 aliphatic heterocycles. The zero-order chi connectivity index (χ0) is 16.7. The maximum atomic E-state index is 11.3. The Kier molecular flexibility index (Phi) is 6.61. The average molecular weight is 315 g/mol. The molecular weight excluding hydrogens is 298 g/mol. The first-order valence-electron chi connectivity index (χ1n) is 6.48. The van der Waals surface area contributed by atoms with Crippen LogP contribution in [0.2, 0.25) is 0 Å². The van der Waals surface area contributed by atoms with E-state index in [-0.39, 0.29) is 13.2 Å². The second-order valence-electron chi connectivity index (χ2n) is 4.59. The summed E-state index contributed by atoms with van der Waals surface area (Å²) in [6.45, 7) is 3.31. The Morgan fingerprint density at radius 2 is 1.73 bits per heavy atom. The van der Waals surface area contributed by atoms with Gasteiger partial charge < -0.3 is 18.9 Å². The van der Waals surface area contributed by atoms with Gasteiger partial charge in [0.05, 0.1) is 6.61 Å². The van der Waals surface area contributed by atoms with Gasteiger partial charge in [-0.05, 0) is 5.53 Å². The van der Waals surface area contributed by atoms with E-state index in [0.717, 1.165) is 0 Å². The zero-order valence-electron chi connectivity index (χ0n) is 12.4. The van der Waals surface area contributed by atoms with Crippen LogP contribution in [0.5, 0.6) is 0 Å². The Balaban J connectivity index is 2.99. The zero-order valence-corrected chi connectivity index (χ0v) is 12.4. The van der Waals surface area contributed by atoms with Crippen molar-refractivity contribution in [3.8, 4) is 0 Å². The summed E-state index contributed by atoms with van der Waals surface area (Å²) >= 11 is 0. The van der Waals surface area contributed by atoms with Crippen molar-refractivity contribution in [1.29, 1.82) is 0 Å². The fourth-order valence-electron chi connectivity index (χ4n) is 2.02. The summed E-state index contributed by atoms with van der Waals surface area (Å²) in [7, 11) is 0. The highest BCUT2D eigenvalue weighted by Crippen LogP contribution is 2.24. The van der Waals surface area contributed by atoms with Crippen LogP contribution in [-0.4, -0.2) is 55.5 Å². The Bertz CT molecular complexity index is 489. The highest BCUT2D eigenvalue weighted by Gasteiger charge is 2.45. The lowest BCUT2D eigenvalue weighted by atomic mass is 9.98. The van der Waals surface area contributed by atoms with Crippen LogP contribution in [-0.2, 0) is 33.3 Å². The van der Waals surface area contributed by atoms with Gasteiger partial charge in [0.1, 0.15) is 18.8 Å². The predicted octanol–water partition coefficient (Wildman–Crippen LogP) is 0.491. The van der Waals surface area contributed by atoms with Crippen LogP contribution >= 0.6 is 0 Å². The maximum absolute atomic E-state index is 11.3. The van der Waals surface area contributed by atoms with Crippen molar-refractivity contribution in [1.82, 2.24) is 0 Å². The first kappa shape index (κ1) is 17.7. The molecule has 0 saturated carbocycles. The van der Waals surface area contributed by atoms with Crippen LogP contribution in [0, 0.1) is 0 Å². The molecule has 0 radical (unpaired) electrons. The molecule has 0 spiro atoms. The summed E-state index contributed by atoms with van der Waals surface area (Å²) in [5, 5.41) is 3.48. The Morgan fingerprint density at radius 3 is 2.23 bits per heavy atom. The largest absolute Gasteiger partial charge is 0.463 e. The number of nitrogens with zero attached hydrogens (tertiary/aromatic N) is 3. The van der Waals surface area contributed by atoms with E-state index in [1.54, 1.807) is 0 Å². The number of carbonyl (C=O) groups excluding carboxylic acids is 3. The fourth-order valence-corrected chi connectivity index (χ4v) is 2.02. The second kappa shape index (κ2) is 8.20.